The molecule has 2 aliphatic heterocycles. The van der Waals surface area contributed by atoms with Crippen LogP contribution in [0.15, 0.2) is 41.3 Å². The maximum absolute atomic E-state index is 13.1. The number of ether oxygens (including phenoxy) is 1. The van der Waals surface area contributed by atoms with Gasteiger partial charge < -0.3 is 19.0 Å². The Morgan fingerprint density at radius 2 is 1.82 bits per heavy atom. The van der Waals surface area contributed by atoms with Crippen LogP contribution in [0.25, 0.3) is 16.6 Å². The van der Waals surface area contributed by atoms with E-state index in [1.807, 2.05) is 33.7 Å². The highest BCUT2D eigenvalue weighted by molar-refractivity contribution is 5.96. The van der Waals surface area contributed by atoms with E-state index in [4.69, 9.17) is 4.74 Å². The average molecular weight is 380 g/mol. The Labute approximate surface area is 162 Å². The van der Waals surface area contributed by atoms with Crippen molar-refractivity contribution < 1.29 is 9.53 Å². The molecule has 0 spiro atoms. The summed E-state index contributed by atoms with van der Waals surface area (Å²) in [5.74, 6) is 0.0362. The first kappa shape index (κ1) is 17.5. The van der Waals surface area contributed by atoms with E-state index in [0.717, 1.165) is 57.8 Å². The van der Waals surface area contributed by atoms with Gasteiger partial charge in [-0.2, -0.15) is 0 Å². The summed E-state index contributed by atoms with van der Waals surface area (Å²) in [7, 11) is 0. The normalized spacial score (nSPS) is 19.5. The number of rotatable bonds is 2. The van der Waals surface area contributed by atoms with E-state index < -0.39 is 0 Å². The number of hydrogen-bond acceptors (Lipinski definition) is 4. The zero-order chi connectivity index (χ0) is 19.1. The number of para-hydroxylation sites is 1. The molecule has 0 bridgehead atoms. The van der Waals surface area contributed by atoms with Crippen molar-refractivity contribution in [3.8, 4) is 0 Å². The Balaban J connectivity index is 1.36. The smallest absolute Gasteiger partial charge is 0.258 e. The minimum Gasteiger partial charge on any atom is -0.379 e. The summed E-state index contributed by atoms with van der Waals surface area (Å²) in [4.78, 5) is 32.7. The number of aromatic nitrogens is 2. The Morgan fingerprint density at radius 1 is 1.07 bits per heavy atom. The molecule has 3 aromatic rings. The van der Waals surface area contributed by atoms with Crippen LogP contribution >= 0.6 is 0 Å². The van der Waals surface area contributed by atoms with E-state index in [9.17, 15) is 9.59 Å². The lowest BCUT2D eigenvalue weighted by atomic mass is 10.0. The number of amides is 1. The molecule has 7 heteroatoms. The van der Waals surface area contributed by atoms with Crippen LogP contribution in [0.1, 0.15) is 23.2 Å². The van der Waals surface area contributed by atoms with Crippen LogP contribution in [0.3, 0.4) is 0 Å². The number of piperidine rings is 1. The number of fused-ring (bicyclic) bond motifs is 3. The van der Waals surface area contributed by atoms with Crippen molar-refractivity contribution in [2.45, 2.75) is 18.9 Å². The number of morpholine rings is 1. The van der Waals surface area contributed by atoms with E-state index in [-0.39, 0.29) is 11.5 Å². The van der Waals surface area contributed by atoms with Gasteiger partial charge in [0.2, 0.25) is 0 Å². The lowest BCUT2D eigenvalue weighted by Gasteiger charge is -2.40. The number of nitrogens with one attached hydrogen (secondary N) is 1. The van der Waals surface area contributed by atoms with Gasteiger partial charge in [-0.1, -0.05) is 12.1 Å². The molecule has 2 saturated heterocycles. The summed E-state index contributed by atoms with van der Waals surface area (Å²) >= 11 is 0. The third-order valence-electron chi connectivity index (χ3n) is 6.03. The predicted molar refractivity (Wildman–Crippen MR) is 107 cm³/mol. The lowest BCUT2D eigenvalue weighted by molar-refractivity contribution is 0.00159. The van der Waals surface area contributed by atoms with Crippen LogP contribution in [0.2, 0.25) is 0 Å². The van der Waals surface area contributed by atoms with Crippen LogP contribution in [-0.4, -0.2) is 70.5 Å². The second-order valence-electron chi connectivity index (χ2n) is 7.63. The fraction of sp³-hybridized carbons (Fsp3) is 0.429. The quantitative estimate of drug-likeness (QED) is 0.735. The number of carbonyl (C=O) groups is 1. The molecule has 1 amide bonds. The van der Waals surface area contributed by atoms with Crippen LogP contribution < -0.4 is 5.56 Å². The molecule has 0 radical (unpaired) electrons. The van der Waals surface area contributed by atoms with E-state index in [2.05, 4.69) is 9.88 Å². The van der Waals surface area contributed by atoms with Gasteiger partial charge in [0.05, 0.1) is 29.7 Å². The van der Waals surface area contributed by atoms with Crippen LogP contribution in [-0.2, 0) is 4.74 Å². The van der Waals surface area contributed by atoms with Crippen molar-refractivity contribution in [2.24, 2.45) is 0 Å². The van der Waals surface area contributed by atoms with Gasteiger partial charge in [-0.25, -0.2) is 0 Å². The zero-order valence-corrected chi connectivity index (χ0v) is 15.8. The van der Waals surface area contributed by atoms with Gasteiger partial charge in [-0.3, -0.25) is 14.5 Å². The van der Waals surface area contributed by atoms with Crippen molar-refractivity contribution in [1.29, 1.82) is 0 Å². The number of nitrogens with zero attached hydrogens (tertiary/aromatic N) is 3. The standard InChI is InChI=1S/C21H24N4O3/c26-20-17-3-1-2-4-18(17)25-14-15(13-19(25)22-20)21(27)24-7-5-16(6-8-24)23-9-11-28-12-10-23/h1-4,13-14,16H,5-12H2,(H,22,26). The molecule has 2 aromatic heterocycles. The summed E-state index contributed by atoms with van der Waals surface area (Å²) in [6.45, 7) is 5.13. The Bertz CT molecular complexity index is 1070. The molecular weight excluding hydrogens is 356 g/mol. The summed E-state index contributed by atoms with van der Waals surface area (Å²) < 4.78 is 7.34. The highest BCUT2D eigenvalue weighted by Gasteiger charge is 2.28. The number of H-pyrrole nitrogens is 1. The fourth-order valence-electron chi connectivity index (χ4n) is 4.49. The molecule has 7 nitrogen and oxygen atoms in total. The van der Waals surface area contributed by atoms with Crippen molar-refractivity contribution >= 4 is 22.5 Å². The van der Waals surface area contributed by atoms with Gasteiger partial charge in [0.25, 0.3) is 11.5 Å². The van der Waals surface area contributed by atoms with Crippen LogP contribution in [0.4, 0.5) is 0 Å². The number of carbonyl (C=O) groups excluding carboxylic acids is 1. The second-order valence-corrected chi connectivity index (χ2v) is 7.63. The highest BCUT2D eigenvalue weighted by Crippen LogP contribution is 2.21. The van der Waals surface area contributed by atoms with Gasteiger partial charge in [0.15, 0.2) is 0 Å². The first-order valence-electron chi connectivity index (χ1n) is 9.95. The topological polar surface area (TPSA) is 70.1 Å². The number of aromatic amines is 1. The third-order valence-corrected chi connectivity index (χ3v) is 6.03. The molecule has 4 heterocycles. The largest absolute Gasteiger partial charge is 0.379 e. The van der Waals surface area contributed by atoms with Crippen molar-refractivity contribution in [3.63, 3.8) is 0 Å². The van der Waals surface area contributed by atoms with Crippen molar-refractivity contribution in [3.05, 3.63) is 52.4 Å². The summed E-state index contributed by atoms with van der Waals surface area (Å²) in [5.41, 5.74) is 1.95. The summed E-state index contributed by atoms with van der Waals surface area (Å²) in [6, 6.07) is 9.77. The van der Waals surface area contributed by atoms with E-state index in [1.165, 1.54) is 0 Å². The molecule has 146 valence electrons. The zero-order valence-electron chi connectivity index (χ0n) is 15.8. The summed E-state index contributed by atoms with van der Waals surface area (Å²) in [6.07, 6.45) is 3.84. The first-order chi connectivity index (χ1) is 13.7. The van der Waals surface area contributed by atoms with Crippen LogP contribution in [0.5, 0.6) is 0 Å². The minimum absolute atomic E-state index is 0.0362. The number of hydrogen-bond donors (Lipinski definition) is 1. The summed E-state index contributed by atoms with van der Waals surface area (Å²) in [5, 5.41) is 0.621. The number of benzene rings is 1. The van der Waals surface area contributed by atoms with Crippen LogP contribution in [0, 0.1) is 0 Å². The molecule has 0 atom stereocenters. The molecule has 0 aliphatic carbocycles. The van der Waals surface area contributed by atoms with Gasteiger partial charge in [0, 0.05) is 38.4 Å². The lowest BCUT2D eigenvalue weighted by Crippen LogP contribution is -2.50. The molecule has 5 rings (SSSR count). The molecular formula is C21H24N4O3. The third kappa shape index (κ3) is 3.00. The fourth-order valence-corrected chi connectivity index (χ4v) is 4.49. The molecule has 28 heavy (non-hydrogen) atoms. The maximum Gasteiger partial charge on any atom is 0.258 e. The average Bonchev–Trinajstić information content (AvgIpc) is 3.18. The molecule has 0 unspecified atom stereocenters. The second kappa shape index (κ2) is 7.07. The van der Waals surface area contributed by atoms with Gasteiger partial charge in [-0.05, 0) is 31.0 Å². The maximum atomic E-state index is 13.1. The predicted octanol–water partition coefficient (Wildman–Crippen LogP) is 1.72. The molecule has 1 aromatic carbocycles. The van der Waals surface area contributed by atoms with Gasteiger partial charge >= 0.3 is 0 Å². The van der Waals surface area contributed by atoms with E-state index in [1.54, 1.807) is 12.1 Å². The Morgan fingerprint density at radius 3 is 2.61 bits per heavy atom. The monoisotopic (exact) mass is 380 g/mol. The van der Waals surface area contributed by atoms with Gasteiger partial charge in [-0.15, -0.1) is 0 Å². The van der Waals surface area contributed by atoms with E-state index >= 15 is 0 Å². The molecule has 0 saturated carbocycles. The molecule has 2 aliphatic rings. The van der Waals surface area contributed by atoms with Crippen molar-refractivity contribution in [1.82, 2.24) is 19.2 Å². The Kier molecular flexibility index (Phi) is 4.41. The molecule has 2 fully saturated rings. The number of likely N-dealkylation sites (tertiary alicyclic amines) is 1. The Hall–Kier alpha value is -2.64. The highest BCUT2D eigenvalue weighted by atomic mass is 16.5. The minimum atomic E-state index is -0.133. The molecule has 1 N–H and O–H groups in total. The first-order valence-corrected chi connectivity index (χ1v) is 9.95. The SMILES string of the molecule is O=C(c1cc2[nH]c(=O)c3ccccc3n2c1)N1CCC(N2CCOCC2)CC1. The van der Waals surface area contributed by atoms with Crippen molar-refractivity contribution in [2.75, 3.05) is 39.4 Å². The van der Waals surface area contributed by atoms with Gasteiger partial charge in [0.1, 0.15) is 5.65 Å². The van der Waals surface area contributed by atoms with E-state index in [0.29, 0.717) is 22.6 Å².